The van der Waals surface area contributed by atoms with Crippen molar-refractivity contribution in [2.75, 3.05) is 0 Å². The minimum absolute atomic E-state index is 0.211. The van der Waals surface area contributed by atoms with Crippen LogP contribution in [0.3, 0.4) is 0 Å². The Morgan fingerprint density at radius 1 is 1.26 bits per heavy atom. The van der Waals surface area contributed by atoms with Crippen LogP contribution in [0.15, 0.2) is 28.9 Å². The van der Waals surface area contributed by atoms with E-state index in [4.69, 9.17) is 16.3 Å². The minimum Gasteiger partial charge on any atom is -0.437 e. The van der Waals surface area contributed by atoms with Gasteiger partial charge in [0.2, 0.25) is 5.88 Å². The highest BCUT2D eigenvalue weighted by atomic mass is 79.9. The molecule has 0 N–H and O–H groups in total. The highest BCUT2D eigenvalue weighted by Crippen LogP contribution is 2.39. The second-order valence-electron chi connectivity index (χ2n) is 4.34. The van der Waals surface area contributed by atoms with Crippen molar-refractivity contribution in [3.63, 3.8) is 0 Å². The molecule has 0 aliphatic heterocycles. The van der Waals surface area contributed by atoms with Gasteiger partial charge in [0.1, 0.15) is 22.0 Å². The van der Waals surface area contributed by atoms with Crippen molar-refractivity contribution >= 4 is 27.5 Å². The third-order valence-corrected chi connectivity index (χ3v) is 3.44. The summed E-state index contributed by atoms with van der Waals surface area (Å²) in [6, 6.07) is 5.63. The van der Waals surface area contributed by atoms with Crippen molar-refractivity contribution in [3.8, 4) is 11.6 Å². The summed E-state index contributed by atoms with van der Waals surface area (Å²) in [6.07, 6.45) is 2.21. The molecule has 0 unspecified atom stereocenters. The van der Waals surface area contributed by atoms with Crippen LogP contribution in [0.5, 0.6) is 11.6 Å². The summed E-state index contributed by atoms with van der Waals surface area (Å²) in [6.45, 7) is 0. The topological polar surface area (TPSA) is 35.0 Å². The maximum atomic E-state index is 13.0. The van der Waals surface area contributed by atoms with E-state index < -0.39 is 5.82 Å². The van der Waals surface area contributed by atoms with Crippen LogP contribution in [0, 0.1) is 5.82 Å². The van der Waals surface area contributed by atoms with Gasteiger partial charge in [0.25, 0.3) is 0 Å². The van der Waals surface area contributed by atoms with E-state index in [-0.39, 0.29) is 5.02 Å². The molecule has 2 aromatic rings. The third kappa shape index (κ3) is 3.04. The van der Waals surface area contributed by atoms with Gasteiger partial charge < -0.3 is 4.74 Å². The summed E-state index contributed by atoms with van der Waals surface area (Å²) in [5.41, 5.74) is 0. The van der Waals surface area contributed by atoms with Crippen molar-refractivity contribution < 1.29 is 9.13 Å². The molecule has 1 heterocycles. The number of aromatic nitrogens is 2. The second-order valence-corrected chi connectivity index (χ2v) is 5.56. The van der Waals surface area contributed by atoms with Gasteiger partial charge in [0.15, 0.2) is 0 Å². The maximum absolute atomic E-state index is 13.0. The molecule has 3 rings (SSSR count). The van der Waals surface area contributed by atoms with Crippen LogP contribution < -0.4 is 4.74 Å². The zero-order valence-corrected chi connectivity index (χ0v) is 12.1. The molecule has 0 spiro atoms. The van der Waals surface area contributed by atoms with Crippen LogP contribution in [0.1, 0.15) is 24.6 Å². The Morgan fingerprint density at radius 3 is 2.74 bits per heavy atom. The largest absolute Gasteiger partial charge is 0.437 e. The molecule has 98 valence electrons. The van der Waals surface area contributed by atoms with Gasteiger partial charge >= 0.3 is 0 Å². The first-order valence-electron chi connectivity index (χ1n) is 5.79. The molecule has 0 atom stereocenters. The Kier molecular flexibility index (Phi) is 3.41. The molecule has 0 radical (unpaired) electrons. The molecule has 1 aromatic carbocycles. The molecular weight excluding hydrogens is 335 g/mol. The zero-order valence-electron chi connectivity index (χ0n) is 9.74. The fraction of sp³-hybridized carbons (Fsp3) is 0.231. The first kappa shape index (κ1) is 12.8. The van der Waals surface area contributed by atoms with Gasteiger partial charge in [0.05, 0.1) is 5.02 Å². The summed E-state index contributed by atoms with van der Waals surface area (Å²) in [4.78, 5) is 8.65. The van der Waals surface area contributed by atoms with Crippen LogP contribution in [-0.4, -0.2) is 9.97 Å². The van der Waals surface area contributed by atoms with Crippen molar-refractivity contribution in [2.45, 2.75) is 18.8 Å². The summed E-state index contributed by atoms with van der Waals surface area (Å²) >= 11 is 9.24. The average Bonchev–Trinajstić information content (AvgIpc) is 3.16. The standard InChI is InChI=1S/C13H9BrClFN2O/c14-11-6-12(18-13(17-11)7-1-2-7)19-10-4-3-8(16)5-9(10)15/h3-7H,1-2H2. The maximum Gasteiger partial charge on any atom is 0.223 e. The Balaban J connectivity index is 1.89. The van der Waals surface area contributed by atoms with Gasteiger partial charge in [-0.15, -0.1) is 0 Å². The third-order valence-electron chi connectivity index (χ3n) is 2.74. The number of halogens is 3. The number of benzene rings is 1. The molecule has 1 aliphatic rings. The van der Waals surface area contributed by atoms with Crippen LogP contribution >= 0.6 is 27.5 Å². The smallest absolute Gasteiger partial charge is 0.223 e. The molecule has 0 saturated heterocycles. The first-order chi connectivity index (χ1) is 9.11. The predicted molar refractivity (Wildman–Crippen MR) is 73.2 cm³/mol. The SMILES string of the molecule is Fc1ccc(Oc2cc(Br)nc(C3CC3)n2)c(Cl)c1. The monoisotopic (exact) mass is 342 g/mol. The normalized spacial score (nSPS) is 14.5. The lowest BCUT2D eigenvalue weighted by Crippen LogP contribution is -1.97. The Hall–Kier alpha value is -1.20. The van der Waals surface area contributed by atoms with Gasteiger partial charge in [-0.05, 0) is 47.0 Å². The summed E-state index contributed by atoms with van der Waals surface area (Å²) < 4.78 is 19.2. The Bertz CT molecular complexity index is 634. The molecular formula is C13H9BrClFN2O. The lowest BCUT2D eigenvalue weighted by atomic mass is 10.3. The van der Waals surface area contributed by atoms with E-state index in [9.17, 15) is 4.39 Å². The predicted octanol–water partition coefficient (Wildman–Crippen LogP) is 4.70. The van der Waals surface area contributed by atoms with Gasteiger partial charge in [-0.1, -0.05) is 11.6 Å². The number of hydrogen-bond acceptors (Lipinski definition) is 3. The number of nitrogens with zero attached hydrogens (tertiary/aromatic N) is 2. The second kappa shape index (κ2) is 5.06. The average molecular weight is 344 g/mol. The lowest BCUT2D eigenvalue weighted by molar-refractivity contribution is 0.456. The van der Waals surface area contributed by atoms with E-state index >= 15 is 0 Å². The van der Waals surface area contributed by atoms with Gasteiger partial charge in [-0.3, -0.25) is 0 Å². The molecule has 3 nitrogen and oxygen atoms in total. The van der Waals surface area contributed by atoms with Gasteiger partial charge in [-0.2, -0.15) is 4.98 Å². The van der Waals surface area contributed by atoms with Crippen LogP contribution in [0.4, 0.5) is 4.39 Å². The summed E-state index contributed by atoms with van der Waals surface area (Å²) in [5, 5.41) is 0.211. The van der Waals surface area contributed by atoms with Crippen molar-refractivity contribution in [3.05, 3.63) is 45.5 Å². The first-order valence-corrected chi connectivity index (χ1v) is 6.96. The Morgan fingerprint density at radius 2 is 2.05 bits per heavy atom. The van der Waals surface area contributed by atoms with E-state index in [0.29, 0.717) is 22.2 Å². The molecule has 6 heteroatoms. The molecule has 19 heavy (non-hydrogen) atoms. The number of ether oxygens (including phenoxy) is 1. The molecule has 0 amide bonds. The summed E-state index contributed by atoms with van der Waals surface area (Å²) in [7, 11) is 0. The fourth-order valence-corrected chi connectivity index (χ4v) is 2.24. The van der Waals surface area contributed by atoms with Crippen LogP contribution in [-0.2, 0) is 0 Å². The molecule has 1 fully saturated rings. The molecule has 1 aliphatic carbocycles. The van der Waals surface area contributed by atoms with Gasteiger partial charge in [0, 0.05) is 12.0 Å². The quantitative estimate of drug-likeness (QED) is 0.758. The van der Waals surface area contributed by atoms with Crippen LogP contribution in [0.25, 0.3) is 0 Å². The molecule has 1 saturated carbocycles. The number of hydrogen-bond donors (Lipinski definition) is 0. The van der Waals surface area contributed by atoms with E-state index in [1.165, 1.54) is 18.2 Å². The highest BCUT2D eigenvalue weighted by Gasteiger charge is 2.27. The van der Waals surface area contributed by atoms with Gasteiger partial charge in [-0.25, -0.2) is 9.37 Å². The minimum atomic E-state index is -0.403. The molecule has 0 bridgehead atoms. The fourth-order valence-electron chi connectivity index (χ4n) is 1.66. The van der Waals surface area contributed by atoms with Crippen molar-refractivity contribution in [1.29, 1.82) is 0 Å². The van der Waals surface area contributed by atoms with E-state index in [2.05, 4.69) is 25.9 Å². The van der Waals surface area contributed by atoms with Crippen molar-refractivity contribution in [1.82, 2.24) is 9.97 Å². The number of rotatable bonds is 3. The lowest BCUT2D eigenvalue weighted by Gasteiger charge is -2.08. The van der Waals surface area contributed by atoms with Crippen molar-refractivity contribution in [2.24, 2.45) is 0 Å². The van der Waals surface area contributed by atoms with Crippen LogP contribution in [0.2, 0.25) is 5.02 Å². The molecule has 1 aromatic heterocycles. The van der Waals surface area contributed by atoms with E-state index in [0.717, 1.165) is 18.7 Å². The highest BCUT2D eigenvalue weighted by molar-refractivity contribution is 9.10. The van der Waals surface area contributed by atoms with E-state index in [1.807, 2.05) is 0 Å². The zero-order chi connectivity index (χ0) is 13.4. The Labute approximate surface area is 122 Å². The summed E-state index contributed by atoms with van der Waals surface area (Å²) in [5.74, 6) is 1.55. The van der Waals surface area contributed by atoms with E-state index in [1.54, 1.807) is 6.07 Å².